The first-order chi connectivity index (χ1) is 10.1. The minimum absolute atomic E-state index is 0.0191. The molecule has 1 saturated heterocycles. The van der Waals surface area contributed by atoms with Crippen LogP contribution in [0.3, 0.4) is 0 Å². The summed E-state index contributed by atoms with van der Waals surface area (Å²) in [4.78, 5) is 15.4. The second-order valence-electron chi connectivity index (χ2n) is 5.62. The number of carbonyl (C=O) groups excluding carboxylic acids is 1. The maximum absolute atomic E-state index is 12.2. The number of rotatable bonds is 4. The van der Waals surface area contributed by atoms with Crippen molar-refractivity contribution in [1.29, 1.82) is 0 Å². The summed E-state index contributed by atoms with van der Waals surface area (Å²) in [7, 11) is 0. The Kier molecular flexibility index (Phi) is 5.80. The molecular formula is C16H23N3OS. The minimum atomic E-state index is -0.0191. The van der Waals surface area contributed by atoms with E-state index in [1.54, 1.807) is 0 Å². The fourth-order valence-electron chi connectivity index (χ4n) is 2.55. The lowest BCUT2D eigenvalue weighted by atomic mass is 10.1. The highest BCUT2D eigenvalue weighted by Crippen LogP contribution is 2.19. The number of nitrogens with two attached hydrogens (primary N) is 1. The van der Waals surface area contributed by atoms with Gasteiger partial charge in [0.2, 0.25) is 0 Å². The molecule has 3 N–H and O–H groups in total. The third-order valence-electron chi connectivity index (χ3n) is 3.80. The van der Waals surface area contributed by atoms with Gasteiger partial charge in [-0.3, -0.25) is 4.79 Å². The van der Waals surface area contributed by atoms with Gasteiger partial charge in [-0.05, 0) is 44.2 Å². The molecule has 0 spiro atoms. The number of thiophene rings is 1. The number of hydrogen-bond acceptors (Lipinski definition) is 4. The first-order valence-corrected chi connectivity index (χ1v) is 8.28. The topological polar surface area (TPSA) is 58.4 Å². The predicted molar refractivity (Wildman–Crippen MR) is 87.4 cm³/mol. The van der Waals surface area contributed by atoms with Crippen LogP contribution < -0.4 is 11.1 Å². The van der Waals surface area contributed by atoms with Crippen LogP contribution in [-0.2, 0) is 0 Å². The molecule has 1 fully saturated rings. The standard InChI is InChI=1S/C16H23N3OS/c1-12(2)19-8-5-13(11-19)10-18-16(20)15-14(4-3-7-17)6-9-21-15/h6,9,12-13H,5,7-8,10-11,17H2,1-2H3,(H,18,20). The summed E-state index contributed by atoms with van der Waals surface area (Å²) >= 11 is 1.43. The van der Waals surface area contributed by atoms with Gasteiger partial charge in [0.05, 0.1) is 6.54 Å². The molecule has 1 unspecified atom stereocenters. The molecule has 21 heavy (non-hydrogen) atoms. The van der Waals surface area contributed by atoms with Gasteiger partial charge >= 0.3 is 0 Å². The van der Waals surface area contributed by atoms with E-state index in [2.05, 4.69) is 35.9 Å². The number of likely N-dealkylation sites (tertiary alicyclic amines) is 1. The SMILES string of the molecule is CC(C)N1CCC(CNC(=O)c2sccc2C#CCN)C1. The summed E-state index contributed by atoms with van der Waals surface area (Å²) in [6.45, 7) is 7.68. The van der Waals surface area contributed by atoms with Gasteiger partial charge in [0, 0.05) is 24.7 Å². The number of amides is 1. The van der Waals surface area contributed by atoms with Gasteiger partial charge in [-0.25, -0.2) is 0 Å². The Hall–Kier alpha value is -1.35. The van der Waals surface area contributed by atoms with E-state index in [4.69, 9.17) is 5.73 Å². The van der Waals surface area contributed by atoms with E-state index < -0.39 is 0 Å². The summed E-state index contributed by atoms with van der Waals surface area (Å²) in [5.74, 6) is 6.28. The lowest BCUT2D eigenvalue weighted by molar-refractivity contribution is 0.0951. The third-order valence-corrected chi connectivity index (χ3v) is 4.71. The molecule has 0 radical (unpaired) electrons. The highest BCUT2D eigenvalue weighted by Gasteiger charge is 2.24. The fourth-order valence-corrected chi connectivity index (χ4v) is 3.31. The first kappa shape index (κ1) is 16.0. The maximum Gasteiger partial charge on any atom is 0.262 e. The van der Waals surface area contributed by atoms with Gasteiger partial charge in [0.1, 0.15) is 4.88 Å². The Bertz CT molecular complexity index is 541. The van der Waals surface area contributed by atoms with E-state index in [-0.39, 0.29) is 5.91 Å². The first-order valence-electron chi connectivity index (χ1n) is 7.40. The summed E-state index contributed by atoms with van der Waals surface area (Å²) in [5, 5.41) is 4.94. The van der Waals surface area contributed by atoms with Crippen LogP contribution in [0.15, 0.2) is 11.4 Å². The Morgan fingerprint density at radius 3 is 3.10 bits per heavy atom. The second-order valence-corrected chi connectivity index (χ2v) is 6.54. The van der Waals surface area contributed by atoms with Gasteiger partial charge in [-0.2, -0.15) is 0 Å². The molecule has 1 aliphatic rings. The monoisotopic (exact) mass is 305 g/mol. The molecule has 1 aromatic heterocycles. The van der Waals surface area contributed by atoms with Crippen LogP contribution in [0.5, 0.6) is 0 Å². The van der Waals surface area contributed by atoms with Crippen molar-refractivity contribution in [3.05, 3.63) is 21.9 Å². The van der Waals surface area contributed by atoms with Crippen LogP contribution in [0.4, 0.5) is 0 Å². The molecule has 0 aliphatic carbocycles. The van der Waals surface area contributed by atoms with Crippen LogP contribution in [0.1, 0.15) is 35.5 Å². The molecule has 4 nitrogen and oxygen atoms in total. The molecule has 2 rings (SSSR count). The van der Waals surface area contributed by atoms with Crippen molar-refractivity contribution in [1.82, 2.24) is 10.2 Å². The second kappa shape index (κ2) is 7.60. The summed E-state index contributed by atoms with van der Waals surface area (Å²) in [5.41, 5.74) is 6.15. The average molecular weight is 305 g/mol. The van der Waals surface area contributed by atoms with Crippen molar-refractivity contribution in [3.8, 4) is 11.8 Å². The van der Waals surface area contributed by atoms with Crippen LogP contribution >= 0.6 is 11.3 Å². The lowest BCUT2D eigenvalue weighted by Gasteiger charge is -2.20. The van der Waals surface area contributed by atoms with Crippen LogP contribution in [0.2, 0.25) is 0 Å². The van der Waals surface area contributed by atoms with Gasteiger partial charge in [-0.1, -0.05) is 11.8 Å². The highest BCUT2D eigenvalue weighted by atomic mass is 32.1. The zero-order valence-electron chi connectivity index (χ0n) is 12.7. The van der Waals surface area contributed by atoms with E-state index in [0.29, 0.717) is 23.4 Å². The molecule has 1 aromatic rings. The summed E-state index contributed by atoms with van der Waals surface area (Å²) < 4.78 is 0. The molecule has 5 heteroatoms. The Balaban J connectivity index is 1.87. The Morgan fingerprint density at radius 2 is 2.43 bits per heavy atom. The number of carbonyl (C=O) groups is 1. The van der Waals surface area contributed by atoms with Crippen molar-refractivity contribution < 1.29 is 4.79 Å². The van der Waals surface area contributed by atoms with Gasteiger partial charge < -0.3 is 16.0 Å². The van der Waals surface area contributed by atoms with Crippen LogP contribution in [-0.4, -0.2) is 43.0 Å². The predicted octanol–water partition coefficient (Wildman–Crippen LogP) is 1.52. The van der Waals surface area contributed by atoms with Crippen molar-refractivity contribution in [3.63, 3.8) is 0 Å². The zero-order chi connectivity index (χ0) is 15.2. The number of nitrogens with one attached hydrogen (secondary N) is 1. The molecule has 0 saturated carbocycles. The largest absolute Gasteiger partial charge is 0.351 e. The average Bonchev–Trinajstić information content (AvgIpc) is 3.11. The van der Waals surface area contributed by atoms with Crippen molar-refractivity contribution >= 4 is 17.2 Å². The van der Waals surface area contributed by atoms with Crippen molar-refractivity contribution in [2.24, 2.45) is 11.7 Å². The maximum atomic E-state index is 12.2. The molecular weight excluding hydrogens is 282 g/mol. The molecule has 114 valence electrons. The number of hydrogen-bond donors (Lipinski definition) is 2. The quantitative estimate of drug-likeness (QED) is 0.829. The minimum Gasteiger partial charge on any atom is -0.351 e. The molecule has 0 bridgehead atoms. The number of nitrogens with zero attached hydrogens (tertiary/aromatic N) is 1. The van der Waals surface area contributed by atoms with Crippen LogP contribution in [0, 0.1) is 17.8 Å². The fraction of sp³-hybridized carbons (Fsp3) is 0.562. The summed E-state index contributed by atoms with van der Waals surface area (Å²) in [6.07, 6.45) is 1.16. The highest BCUT2D eigenvalue weighted by molar-refractivity contribution is 7.12. The molecule has 1 amide bonds. The third kappa shape index (κ3) is 4.31. The Morgan fingerprint density at radius 1 is 1.62 bits per heavy atom. The van der Waals surface area contributed by atoms with Gasteiger partial charge in [-0.15, -0.1) is 11.3 Å². The van der Waals surface area contributed by atoms with Crippen molar-refractivity contribution in [2.45, 2.75) is 26.3 Å². The molecule has 2 heterocycles. The smallest absolute Gasteiger partial charge is 0.262 e. The van der Waals surface area contributed by atoms with Gasteiger partial charge in [0.15, 0.2) is 0 Å². The molecule has 0 aromatic carbocycles. The van der Waals surface area contributed by atoms with E-state index in [0.717, 1.165) is 31.6 Å². The summed E-state index contributed by atoms with van der Waals surface area (Å²) in [6, 6.07) is 2.46. The normalized spacial score (nSPS) is 18.6. The van der Waals surface area contributed by atoms with E-state index >= 15 is 0 Å². The van der Waals surface area contributed by atoms with E-state index in [1.165, 1.54) is 11.3 Å². The Labute approximate surface area is 130 Å². The molecule has 1 atom stereocenters. The van der Waals surface area contributed by atoms with Crippen LogP contribution in [0.25, 0.3) is 0 Å². The van der Waals surface area contributed by atoms with Gasteiger partial charge in [0.25, 0.3) is 5.91 Å². The zero-order valence-corrected chi connectivity index (χ0v) is 13.5. The van der Waals surface area contributed by atoms with Crippen molar-refractivity contribution in [2.75, 3.05) is 26.2 Å². The van der Waals surface area contributed by atoms with E-state index in [1.807, 2.05) is 11.4 Å². The lowest BCUT2D eigenvalue weighted by Crippen LogP contribution is -2.32. The molecule has 1 aliphatic heterocycles. The van der Waals surface area contributed by atoms with E-state index in [9.17, 15) is 4.79 Å².